The average Bonchev–Trinajstić information content (AvgIpc) is 3.34. The second-order valence-electron chi connectivity index (χ2n) is 6.48. The molecule has 0 radical (unpaired) electrons. The normalized spacial score (nSPS) is 12.7. The topological polar surface area (TPSA) is 72.3 Å². The van der Waals surface area contributed by atoms with Gasteiger partial charge in [-0.2, -0.15) is 0 Å². The van der Waals surface area contributed by atoms with E-state index < -0.39 is 0 Å². The number of carbonyl (C=O) groups is 1. The molecule has 1 amide bonds. The summed E-state index contributed by atoms with van der Waals surface area (Å²) in [5, 5.41) is 12.1. The number of anilines is 2. The molecular weight excluding hydrogens is 393 g/mol. The fourth-order valence-electron chi connectivity index (χ4n) is 3.07. The number of nitrogens with one attached hydrogen (secondary N) is 1. The highest BCUT2D eigenvalue weighted by molar-refractivity contribution is 7.99. The van der Waals surface area contributed by atoms with Gasteiger partial charge in [-0.15, -0.1) is 10.2 Å². The molecule has 2 aromatic carbocycles. The second kappa shape index (κ2) is 8.52. The van der Waals surface area contributed by atoms with Crippen LogP contribution < -0.4 is 15.0 Å². The molecule has 0 saturated heterocycles. The summed E-state index contributed by atoms with van der Waals surface area (Å²) in [4.78, 5) is 14.2. The van der Waals surface area contributed by atoms with Crippen LogP contribution >= 0.6 is 11.8 Å². The number of hydrogen-bond acceptors (Lipinski definition) is 6. The van der Waals surface area contributed by atoms with Gasteiger partial charge in [0.2, 0.25) is 11.9 Å². The molecule has 4 rings (SSSR count). The smallest absolute Gasteiger partial charge is 0.232 e. The number of thioether (sulfide) groups is 1. The Kier molecular flexibility index (Phi) is 5.66. The minimum absolute atomic E-state index is 0.110. The first-order chi connectivity index (χ1) is 14.1. The number of benzene rings is 2. The molecule has 0 bridgehead atoms. The monoisotopic (exact) mass is 413 g/mol. The maximum atomic E-state index is 12.9. The molecule has 0 unspecified atom stereocenters. The lowest BCUT2D eigenvalue weighted by molar-refractivity contribution is -0.118. The van der Waals surface area contributed by atoms with E-state index in [-0.39, 0.29) is 17.5 Å². The second-order valence-corrected chi connectivity index (χ2v) is 7.42. The van der Waals surface area contributed by atoms with Crippen LogP contribution in [0.5, 0.6) is 5.75 Å². The number of ether oxygens (including phenoxy) is 1. The first-order valence-corrected chi connectivity index (χ1v) is 10.1. The Bertz CT molecular complexity index is 991. The minimum Gasteiger partial charge on any atom is -0.497 e. The first kappa shape index (κ1) is 19.3. The molecule has 9 heteroatoms. The third kappa shape index (κ3) is 4.34. The van der Waals surface area contributed by atoms with E-state index in [2.05, 4.69) is 20.4 Å². The van der Waals surface area contributed by atoms with Gasteiger partial charge in [-0.3, -0.25) is 9.36 Å². The lowest BCUT2D eigenvalue weighted by Crippen LogP contribution is -2.24. The van der Waals surface area contributed by atoms with Gasteiger partial charge in [-0.25, -0.2) is 4.39 Å². The van der Waals surface area contributed by atoms with Crippen LogP contribution in [-0.4, -0.2) is 40.1 Å². The van der Waals surface area contributed by atoms with Crippen LogP contribution in [0.3, 0.4) is 0 Å². The summed E-state index contributed by atoms with van der Waals surface area (Å²) in [6.07, 6.45) is 0. The molecule has 7 nitrogen and oxygen atoms in total. The molecule has 150 valence electrons. The molecule has 0 spiro atoms. The highest BCUT2D eigenvalue weighted by atomic mass is 32.2. The molecular formula is C20H20FN5O2S. The van der Waals surface area contributed by atoms with Gasteiger partial charge >= 0.3 is 0 Å². The standard InChI is InChI=1S/C20H20FN5O2S/c1-28-17-8-6-16(7-9-17)25-10-11-26-19(25)23-24-20(26)29-13-18(27)22-12-14-2-4-15(21)5-3-14/h2-9H,10-13H2,1H3,(H,22,27). The van der Waals surface area contributed by atoms with Crippen molar-refractivity contribution in [2.45, 2.75) is 18.2 Å². The molecule has 0 fully saturated rings. The molecule has 0 atom stereocenters. The Morgan fingerprint density at radius 1 is 1.14 bits per heavy atom. The molecule has 0 aliphatic carbocycles. The number of hydrogen-bond donors (Lipinski definition) is 1. The lowest BCUT2D eigenvalue weighted by Gasteiger charge is -2.15. The number of aromatic nitrogens is 3. The number of fused-ring (bicyclic) bond motifs is 1. The molecule has 1 aliphatic rings. The van der Waals surface area contributed by atoms with Crippen LogP contribution in [0.25, 0.3) is 0 Å². The maximum Gasteiger partial charge on any atom is 0.232 e. The Balaban J connectivity index is 1.34. The molecule has 3 aromatic rings. The Labute approximate surface area is 171 Å². The minimum atomic E-state index is -0.292. The summed E-state index contributed by atoms with van der Waals surface area (Å²) in [6.45, 7) is 1.91. The van der Waals surface area contributed by atoms with Gasteiger partial charge in [0, 0.05) is 25.3 Å². The van der Waals surface area contributed by atoms with Crippen molar-refractivity contribution in [3.05, 3.63) is 59.9 Å². The van der Waals surface area contributed by atoms with Gasteiger partial charge in [0.05, 0.1) is 12.9 Å². The van der Waals surface area contributed by atoms with Crippen molar-refractivity contribution < 1.29 is 13.9 Å². The van der Waals surface area contributed by atoms with Crippen molar-refractivity contribution in [2.75, 3.05) is 24.3 Å². The lowest BCUT2D eigenvalue weighted by atomic mass is 10.2. The van der Waals surface area contributed by atoms with E-state index in [1.165, 1.54) is 23.9 Å². The van der Waals surface area contributed by atoms with E-state index in [1.54, 1.807) is 19.2 Å². The number of amides is 1. The van der Waals surface area contributed by atoms with Gasteiger partial charge in [-0.1, -0.05) is 23.9 Å². The predicted molar refractivity (Wildman–Crippen MR) is 109 cm³/mol. The summed E-state index contributed by atoms with van der Waals surface area (Å²) in [7, 11) is 1.64. The van der Waals surface area contributed by atoms with Crippen LogP contribution in [0.2, 0.25) is 0 Å². The van der Waals surface area contributed by atoms with E-state index in [4.69, 9.17) is 4.74 Å². The van der Waals surface area contributed by atoms with Crippen molar-refractivity contribution in [1.82, 2.24) is 20.1 Å². The summed E-state index contributed by atoms with van der Waals surface area (Å²) in [5.74, 6) is 1.41. The zero-order valence-electron chi connectivity index (χ0n) is 15.8. The highest BCUT2D eigenvalue weighted by Gasteiger charge is 2.26. The van der Waals surface area contributed by atoms with Crippen molar-refractivity contribution >= 4 is 29.3 Å². The number of halogens is 1. The van der Waals surface area contributed by atoms with Gasteiger partial charge in [0.15, 0.2) is 5.16 Å². The van der Waals surface area contributed by atoms with Crippen LogP contribution in [0.1, 0.15) is 5.56 Å². The molecule has 29 heavy (non-hydrogen) atoms. The first-order valence-electron chi connectivity index (χ1n) is 9.13. The number of rotatable bonds is 7. The van der Waals surface area contributed by atoms with E-state index in [0.29, 0.717) is 11.7 Å². The molecule has 1 aliphatic heterocycles. The Morgan fingerprint density at radius 2 is 1.90 bits per heavy atom. The van der Waals surface area contributed by atoms with E-state index in [1.807, 2.05) is 28.8 Å². The van der Waals surface area contributed by atoms with Crippen molar-refractivity contribution in [3.8, 4) is 5.75 Å². The van der Waals surface area contributed by atoms with Gasteiger partial charge in [-0.05, 0) is 42.0 Å². The number of methoxy groups -OCH3 is 1. The molecule has 1 N–H and O–H groups in total. The predicted octanol–water partition coefficient (Wildman–Crippen LogP) is 2.99. The van der Waals surface area contributed by atoms with Crippen molar-refractivity contribution in [3.63, 3.8) is 0 Å². The fourth-order valence-corrected chi connectivity index (χ4v) is 3.86. The van der Waals surface area contributed by atoms with E-state index in [9.17, 15) is 9.18 Å². The van der Waals surface area contributed by atoms with Crippen LogP contribution in [0.4, 0.5) is 16.0 Å². The van der Waals surface area contributed by atoms with Gasteiger partial charge in [0.25, 0.3) is 0 Å². The fraction of sp³-hybridized carbons (Fsp3) is 0.250. The van der Waals surface area contributed by atoms with Gasteiger partial charge < -0.3 is 15.0 Å². The number of carbonyl (C=O) groups excluding carboxylic acids is 1. The van der Waals surface area contributed by atoms with E-state index in [0.717, 1.165) is 36.0 Å². The summed E-state index contributed by atoms with van der Waals surface area (Å²) in [5.41, 5.74) is 1.87. The molecule has 1 aromatic heterocycles. The summed E-state index contributed by atoms with van der Waals surface area (Å²) >= 11 is 1.35. The zero-order valence-corrected chi connectivity index (χ0v) is 16.7. The Hall–Kier alpha value is -3.07. The third-order valence-corrected chi connectivity index (χ3v) is 5.57. The van der Waals surface area contributed by atoms with E-state index >= 15 is 0 Å². The van der Waals surface area contributed by atoms with Crippen molar-refractivity contribution in [2.24, 2.45) is 0 Å². The third-order valence-electron chi connectivity index (χ3n) is 4.61. The zero-order chi connectivity index (χ0) is 20.2. The average molecular weight is 413 g/mol. The molecule has 0 saturated carbocycles. The van der Waals surface area contributed by atoms with Crippen LogP contribution in [0, 0.1) is 5.82 Å². The summed E-state index contributed by atoms with van der Waals surface area (Å²) in [6, 6.07) is 13.9. The summed E-state index contributed by atoms with van der Waals surface area (Å²) < 4.78 is 20.1. The van der Waals surface area contributed by atoms with Crippen molar-refractivity contribution in [1.29, 1.82) is 0 Å². The van der Waals surface area contributed by atoms with Crippen LogP contribution in [0.15, 0.2) is 53.7 Å². The largest absolute Gasteiger partial charge is 0.497 e. The van der Waals surface area contributed by atoms with Crippen LogP contribution in [-0.2, 0) is 17.9 Å². The number of nitrogens with zero attached hydrogens (tertiary/aromatic N) is 4. The van der Waals surface area contributed by atoms with Gasteiger partial charge in [0.1, 0.15) is 11.6 Å². The molecule has 2 heterocycles. The SMILES string of the molecule is COc1ccc(N2CCn3c(SCC(=O)NCc4ccc(F)cc4)nnc32)cc1. The highest BCUT2D eigenvalue weighted by Crippen LogP contribution is 2.32. The Morgan fingerprint density at radius 3 is 2.62 bits per heavy atom. The quantitative estimate of drug-likeness (QED) is 0.601. The maximum absolute atomic E-state index is 12.9.